The van der Waals surface area contributed by atoms with Crippen molar-refractivity contribution < 1.29 is 24.6 Å². The predicted molar refractivity (Wildman–Crippen MR) is 368 cm³/mol. The number of unbranched alkanes of at least 4 members (excludes halogenated alkanes) is 32. The zero-order chi connectivity index (χ0) is 61.8. The number of nitrogens with zero attached hydrogens (tertiary/aromatic N) is 3. The first-order chi connectivity index (χ1) is 42.1. The molecule has 2 fully saturated rings. The molecule has 8 nitrogen and oxygen atoms in total. The lowest BCUT2D eigenvalue weighted by Gasteiger charge is -2.44. The van der Waals surface area contributed by atoms with Crippen LogP contribution in [0.1, 0.15) is 375 Å². The van der Waals surface area contributed by atoms with Crippen molar-refractivity contribution in [1.82, 2.24) is 9.47 Å². The van der Waals surface area contributed by atoms with Crippen molar-refractivity contribution in [3.63, 3.8) is 0 Å². The van der Waals surface area contributed by atoms with Crippen molar-refractivity contribution in [3.05, 3.63) is 18.2 Å². The summed E-state index contributed by atoms with van der Waals surface area (Å²) >= 11 is 0. The predicted octanol–water partition coefficient (Wildman–Crippen LogP) is 23.5. The number of aromatic hydroxyl groups is 2. The van der Waals surface area contributed by atoms with E-state index in [9.17, 15) is 24.6 Å². The Kier molecular flexibility index (Phi) is 42.3. The van der Waals surface area contributed by atoms with Crippen LogP contribution in [-0.2, 0) is 20.9 Å². The highest BCUT2D eigenvalue weighted by Gasteiger charge is 2.39. The largest absolute Gasteiger partial charge is 0.494 e. The summed E-state index contributed by atoms with van der Waals surface area (Å²) in [5.74, 6) is 6.97. The zero-order valence-electron chi connectivity index (χ0n) is 57.7. The fourth-order valence-corrected chi connectivity index (χ4v) is 16.9. The molecule has 1 aromatic heterocycles. The number of anilines is 1. The molecule has 3 aliphatic rings. The van der Waals surface area contributed by atoms with Crippen LogP contribution >= 0.6 is 0 Å². The van der Waals surface area contributed by atoms with E-state index in [4.69, 9.17) is 0 Å². The second kappa shape index (κ2) is 48.1. The fourth-order valence-electron chi connectivity index (χ4n) is 16.9. The molecule has 0 saturated heterocycles. The normalized spacial score (nSPS) is 21.6. The summed E-state index contributed by atoms with van der Waals surface area (Å²) in [4.78, 5) is 40.1. The third-order valence-corrected chi connectivity index (χ3v) is 22.0. The standard InChI is InChI=1S/C78H141N3O5/c1-7-12-17-21-30-40-52-71-67(48-37-19-14-9-3)56-55-66(47-16-11-5)70(71)51-42-32-24-27-34-44-61-79(65(6)82)74-64-77(85)81(78(74)86)63-46-36-28-25-33-43-54-73-69(50-39-29-23-26-35-45-62-80-75(83)59-60-76(80)84)58-57-68(49-38-20-15-10-4)72(73)53-41-31-22-18-13-8-2/h59-60,64,66-73,85-86H,7-58,61-63H2,1-6H3. The molecule has 8 unspecified atom stereocenters. The molecule has 8 heteroatoms. The summed E-state index contributed by atoms with van der Waals surface area (Å²) in [6.07, 6.45) is 71.8. The first-order valence-electron chi connectivity index (χ1n) is 38.5. The highest BCUT2D eigenvalue weighted by atomic mass is 16.3. The second-order valence-electron chi connectivity index (χ2n) is 28.7. The van der Waals surface area contributed by atoms with Gasteiger partial charge in [0.1, 0.15) is 5.69 Å². The van der Waals surface area contributed by atoms with Gasteiger partial charge in [-0.3, -0.25) is 23.9 Å². The minimum Gasteiger partial charge on any atom is -0.494 e. The third-order valence-electron chi connectivity index (χ3n) is 22.0. The molecule has 1 aliphatic heterocycles. The molecule has 0 aromatic carbocycles. The van der Waals surface area contributed by atoms with Crippen LogP contribution in [-0.4, -0.2) is 50.5 Å². The summed E-state index contributed by atoms with van der Waals surface area (Å²) in [6, 6.07) is 1.62. The lowest BCUT2D eigenvalue weighted by atomic mass is 9.61. The van der Waals surface area contributed by atoms with Crippen molar-refractivity contribution in [2.45, 2.75) is 382 Å². The molecule has 0 radical (unpaired) electrons. The Morgan fingerprint density at radius 3 is 1.05 bits per heavy atom. The van der Waals surface area contributed by atoms with Gasteiger partial charge in [-0.15, -0.1) is 0 Å². The summed E-state index contributed by atoms with van der Waals surface area (Å²) in [6.45, 7) is 15.0. The fraction of sp³-hybridized carbons (Fsp3) is 0.885. The van der Waals surface area contributed by atoms with Crippen molar-refractivity contribution in [2.75, 3.05) is 18.0 Å². The summed E-state index contributed by atoms with van der Waals surface area (Å²) in [5, 5.41) is 22.6. The van der Waals surface area contributed by atoms with Gasteiger partial charge < -0.3 is 15.1 Å². The van der Waals surface area contributed by atoms with Gasteiger partial charge in [0.2, 0.25) is 11.8 Å². The SMILES string of the molecule is CCCCCCCCC1C(CCCCCC)CCC(CCCC)C1CCCCCCCCN(C(C)=O)c1cc(O)n(CCCCCCCCC2C(CCCCCCCCN3C(=O)C=CC3=O)CCC(CCCCCC)C2CCCCCCCC)c1O. The minimum absolute atomic E-state index is 0.0280. The number of imide groups is 1. The highest BCUT2D eigenvalue weighted by molar-refractivity contribution is 6.12. The van der Waals surface area contributed by atoms with Crippen LogP contribution in [0.3, 0.4) is 0 Å². The van der Waals surface area contributed by atoms with Crippen molar-refractivity contribution in [3.8, 4) is 11.8 Å². The molecule has 86 heavy (non-hydrogen) atoms. The molecule has 2 N–H and O–H groups in total. The van der Waals surface area contributed by atoms with Gasteiger partial charge in [0.15, 0.2) is 5.88 Å². The quantitative estimate of drug-likeness (QED) is 0.0500. The number of hydrogen-bond acceptors (Lipinski definition) is 5. The molecule has 2 aliphatic carbocycles. The Bertz CT molecular complexity index is 1870. The van der Waals surface area contributed by atoms with E-state index in [1.165, 1.54) is 312 Å². The van der Waals surface area contributed by atoms with Crippen LogP contribution in [0, 0.1) is 47.3 Å². The smallest absolute Gasteiger partial charge is 0.253 e. The molecular weight excluding hydrogens is 1060 g/mol. The Balaban J connectivity index is 1.21. The average molecular weight is 1200 g/mol. The topological polar surface area (TPSA) is 103 Å². The number of amides is 3. The van der Waals surface area contributed by atoms with E-state index in [1.807, 2.05) is 0 Å². The lowest BCUT2D eigenvalue weighted by molar-refractivity contribution is -0.136. The van der Waals surface area contributed by atoms with E-state index < -0.39 is 0 Å². The summed E-state index contributed by atoms with van der Waals surface area (Å²) in [5.41, 5.74) is 0.457. The van der Waals surface area contributed by atoms with Crippen LogP contribution in [0.15, 0.2) is 18.2 Å². The number of hydrogen-bond donors (Lipinski definition) is 2. The van der Waals surface area contributed by atoms with Crippen LogP contribution in [0.4, 0.5) is 5.69 Å². The highest BCUT2D eigenvalue weighted by Crippen LogP contribution is 2.50. The van der Waals surface area contributed by atoms with Crippen LogP contribution < -0.4 is 4.90 Å². The van der Waals surface area contributed by atoms with Gasteiger partial charge >= 0.3 is 0 Å². The molecule has 4 rings (SSSR count). The lowest BCUT2D eigenvalue weighted by Crippen LogP contribution is -2.35. The Hall–Kier alpha value is -2.77. The van der Waals surface area contributed by atoms with Gasteiger partial charge in [-0.05, 0) is 118 Å². The maximum atomic E-state index is 13.1. The number of rotatable bonds is 55. The van der Waals surface area contributed by atoms with Gasteiger partial charge in [0.25, 0.3) is 11.8 Å². The molecular formula is C78H141N3O5. The summed E-state index contributed by atoms with van der Waals surface area (Å²) < 4.78 is 1.63. The van der Waals surface area contributed by atoms with Gasteiger partial charge in [0.05, 0.1) is 0 Å². The Labute approximate surface area is 532 Å². The molecule has 2 heterocycles. The molecule has 2 saturated carbocycles. The zero-order valence-corrected chi connectivity index (χ0v) is 57.7. The monoisotopic (exact) mass is 1200 g/mol. The molecule has 8 atom stereocenters. The first-order valence-corrected chi connectivity index (χ1v) is 38.5. The number of aromatic nitrogens is 1. The van der Waals surface area contributed by atoms with Crippen molar-refractivity contribution >= 4 is 23.4 Å². The molecule has 3 amide bonds. The maximum Gasteiger partial charge on any atom is 0.253 e. The van der Waals surface area contributed by atoms with Crippen LogP contribution in [0.25, 0.3) is 0 Å². The molecule has 0 bridgehead atoms. The van der Waals surface area contributed by atoms with E-state index in [0.717, 1.165) is 85.9 Å². The molecule has 498 valence electrons. The van der Waals surface area contributed by atoms with Gasteiger partial charge in [0, 0.05) is 44.8 Å². The van der Waals surface area contributed by atoms with Gasteiger partial charge in [-0.2, -0.15) is 0 Å². The Morgan fingerprint density at radius 1 is 0.395 bits per heavy atom. The van der Waals surface area contributed by atoms with E-state index >= 15 is 0 Å². The average Bonchev–Trinajstić information content (AvgIpc) is 2.53. The van der Waals surface area contributed by atoms with Gasteiger partial charge in [-0.25, -0.2) is 0 Å². The Morgan fingerprint density at radius 2 is 0.686 bits per heavy atom. The van der Waals surface area contributed by atoms with Crippen LogP contribution in [0.5, 0.6) is 11.8 Å². The summed E-state index contributed by atoms with van der Waals surface area (Å²) in [7, 11) is 0. The van der Waals surface area contributed by atoms with E-state index in [1.54, 1.807) is 22.5 Å². The van der Waals surface area contributed by atoms with Gasteiger partial charge in [-0.1, -0.05) is 298 Å². The first kappa shape index (κ1) is 75.7. The number of carbonyl (C=O) groups is 3. The van der Waals surface area contributed by atoms with Crippen molar-refractivity contribution in [2.24, 2.45) is 47.3 Å². The van der Waals surface area contributed by atoms with E-state index in [0.29, 0.717) is 25.3 Å². The molecule has 1 aromatic rings. The van der Waals surface area contributed by atoms with E-state index in [-0.39, 0.29) is 29.5 Å². The third kappa shape index (κ3) is 29.5. The van der Waals surface area contributed by atoms with E-state index in [2.05, 4.69) is 34.6 Å². The van der Waals surface area contributed by atoms with Crippen LogP contribution in [0.2, 0.25) is 0 Å². The minimum atomic E-state index is -0.155. The number of carbonyl (C=O) groups excluding carboxylic acids is 3. The maximum absolute atomic E-state index is 13.1. The molecule has 0 spiro atoms. The van der Waals surface area contributed by atoms with Crippen molar-refractivity contribution in [1.29, 1.82) is 0 Å². The second-order valence-corrected chi connectivity index (χ2v) is 28.7.